The van der Waals surface area contributed by atoms with Gasteiger partial charge >= 0.3 is 0 Å². The highest BCUT2D eigenvalue weighted by Gasteiger charge is 2.15. The number of hydrogen-bond donors (Lipinski definition) is 2. The van der Waals surface area contributed by atoms with Gasteiger partial charge in [0.2, 0.25) is 5.91 Å². The van der Waals surface area contributed by atoms with Gasteiger partial charge in [-0.2, -0.15) is 0 Å². The van der Waals surface area contributed by atoms with Crippen molar-refractivity contribution < 1.29 is 9.53 Å². The zero-order valence-electron chi connectivity index (χ0n) is 12.7. The van der Waals surface area contributed by atoms with Crippen LogP contribution >= 0.6 is 23.1 Å². The molecule has 3 aromatic rings. The lowest BCUT2D eigenvalue weighted by Crippen LogP contribution is -2.29. The fraction of sp³-hybridized carbons (Fsp3) is 0.133. The third kappa shape index (κ3) is 3.08. The summed E-state index contributed by atoms with van der Waals surface area (Å²) in [5, 5.41) is 0.251. The van der Waals surface area contributed by atoms with Crippen LogP contribution in [-0.4, -0.2) is 28.4 Å². The maximum atomic E-state index is 12.4. The van der Waals surface area contributed by atoms with Crippen LogP contribution < -0.4 is 21.9 Å². The third-order valence-electron chi connectivity index (χ3n) is 3.25. The Kier molecular flexibility index (Phi) is 4.45. The van der Waals surface area contributed by atoms with E-state index in [1.54, 1.807) is 7.11 Å². The second-order valence-corrected chi connectivity index (χ2v) is 6.88. The van der Waals surface area contributed by atoms with E-state index < -0.39 is 5.91 Å². The van der Waals surface area contributed by atoms with Crippen LogP contribution in [0.5, 0.6) is 5.75 Å². The van der Waals surface area contributed by atoms with Crippen LogP contribution in [-0.2, 0) is 4.79 Å². The minimum absolute atomic E-state index is 0.00201. The van der Waals surface area contributed by atoms with E-state index in [1.807, 2.05) is 30.3 Å². The first-order chi connectivity index (χ1) is 11.5. The Morgan fingerprint density at radius 2 is 2.21 bits per heavy atom. The fourth-order valence-electron chi connectivity index (χ4n) is 2.13. The first kappa shape index (κ1) is 16.3. The lowest BCUT2D eigenvalue weighted by Gasteiger charge is -2.04. The highest BCUT2D eigenvalue weighted by molar-refractivity contribution is 7.99. The van der Waals surface area contributed by atoms with Gasteiger partial charge in [0.25, 0.3) is 5.56 Å². The molecule has 0 aliphatic heterocycles. The van der Waals surface area contributed by atoms with Crippen molar-refractivity contribution in [3.63, 3.8) is 0 Å². The van der Waals surface area contributed by atoms with Crippen molar-refractivity contribution in [2.45, 2.75) is 5.16 Å². The number of rotatable bonds is 5. The van der Waals surface area contributed by atoms with E-state index in [-0.39, 0.29) is 16.5 Å². The van der Waals surface area contributed by atoms with Crippen LogP contribution in [0, 0.1) is 0 Å². The highest BCUT2D eigenvalue weighted by Crippen LogP contribution is 2.33. The predicted molar refractivity (Wildman–Crippen MR) is 95.9 cm³/mol. The van der Waals surface area contributed by atoms with Crippen LogP contribution in [0.4, 0.5) is 0 Å². The van der Waals surface area contributed by atoms with Crippen molar-refractivity contribution in [1.82, 2.24) is 9.66 Å². The number of carbonyl (C=O) groups is 1. The number of nitrogen functional groups attached to an aromatic ring is 1. The molecule has 0 aliphatic rings. The summed E-state index contributed by atoms with van der Waals surface area (Å²) in [6, 6.07) is 9.36. The summed E-state index contributed by atoms with van der Waals surface area (Å²) in [7, 11) is 1.60. The second-order valence-electron chi connectivity index (χ2n) is 4.88. The van der Waals surface area contributed by atoms with Gasteiger partial charge < -0.3 is 16.3 Å². The number of benzene rings is 1. The van der Waals surface area contributed by atoms with Crippen molar-refractivity contribution >= 4 is 39.2 Å². The molecule has 0 bridgehead atoms. The summed E-state index contributed by atoms with van der Waals surface area (Å²) < 4.78 is 6.63. The number of carbonyl (C=O) groups excluding carboxylic acids is 1. The third-order valence-corrected chi connectivity index (χ3v) is 5.38. The quantitative estimate of drug-likeness (QED) is 0.403. The van der Waals surface area contributed by atoms with Gasteiger partial charge in [0.1, 0.15) is 10.4 Å². The summed E-state index contributed by atoms with van der Waals surface area (Å²) in [6.45, 7) is 0. The Balaban J connectivity index is 2.09. The van der Waals surface area contributed by atoms with E-state index in [2.05, 4.69) is 4.98 Å². The molecule has 7 nitrogen and oxygen atoms in total. The van der Waals surface area contributed by atoms with Crippen LogP contribution in [0.1, 0.15) is 0 Å². The van der Waals surface area contributed by atoms with E-state index in [0.29, 0.717) is 10.2 Å². The lowest BCUT2D eigenvalue weighted by atomic mass is 10.2. The Hall–Kier alpha value is -2.52. The van der Waals surface area contributed by atoms with Gasteiger partial charge in [-0.3, -0.25) is 9.59 Å². The molecule has 0 atom stereocenters. The molecule has 2 aromatic heterocycles. The van der Waals surface area contributed by atoms with Crippen molar-refractivity contribution in [2.75, 3.05) is 18.7 Å². The van der Waals surface area contributed by atoms with E-state index in [1.165, 1.54) is 11.3 Å². The van der Waals surface area contributed by atoms with Crippen molar-refractivity contribution in [3.05, 3.63) is 40.7 Å². The average Bonchev–Trinajstić information content (AvgIpc) is 3.01. The molecule has 1 amide bonds. The monoisotopic (exact) mass is 362 g/mol. The molecule has 0 spiro atoms. The summed E-state index contributed by atoms with van der Waals surface area (Å²) in [6.07, 6.45) is 0. The smallest absolute Gasteiger partial charge is 0.290 e. The van der Waals surface area contributed by atoms with E-state index >= 15 is 0 Å². The maximum absolute atomic E-state index is 12.4. The number of methoxy groups -OCH3 is 1. The molecule has 1 aromatic carbocycles. The number of nitrogens with zero attached hydrogens (tertiary/aromatic N) is 2. The number of fused-ring (bicyclic) bond motifs is 1. The first-order valence-corrected chi connectivity index (χ1v) is 8.67. The van der Waals surface area contributed by atoms with Gasteiger partial charge in [-0.25, -0.2) is 9.66 Å². The molecule has 24 heavy (non-hydrogen) atoms. The van der Waals surface area contributed by atoms with Crippen LogP contribution in [0.2, 0.25) is 0 Å². The molecular formula is C15H14N4O3S2. The van der Waals surface area contributed by atoms with E-state index in [0.717, 1.165) is 32.6 Å². The van der Waals surface area contributed by atoms with Gasteiger partial charge in [0.05, 0.1) is 18.4 Å². The minimum Gasteiger partial charge on any atom is -0.497 e. The molecule has 9 heteroatoms. The predicted octanol–water partition coefficient (Wildman–Crippen LogP) is 1.42. The van der Waals surface area contributed by atoms with Crippen molar-refractivity contribution in [2.24, 2.45) is 5.73 Å². The Labute approximate surface area is 145 Å². The topological polar surface area (TPSA) is 113 Å². The summed E-state index contributed by atoms with van der Waals surface area (Å²) in [4.78, 5) is 28.6. The van der Waals surface area contributed by atoms with Crippen LogP contribution in [0.15, 0.2) is 40.3 Å². The number of ether oxygens (including phenoxy) is 1. The minimum atomic E-state index is -0.503. The highest BCUT2D eigenvalue weighted by atomic mass is 32.2. The number of thiophene rings is 1. The van der Waals surface area contributed by atoms with E-state index in [4.69, 9.17) is 16.3 Å². The summed E-state index contributed by atoms with van der Waals surface area (Å²) in [5.41, 5.74) is 6.23. The SMILES string of the molecule is COc1cccc(-c2cc3nc(SCC(N)=O)n(N)c(=O)c3s2)c1. The Morgan fingerprint density at radius 1 is 1.42 bits per heavy atom. The van der Waals surface area contributed by atoms with Gasteiger partial charge in [-0.05, 0) is 23.8 Å². The zero-order valence-corrected chi connectivity index (χ0v) is 14.3. The van der Waals surface area contributed by atoms with Gasteiger partial charge in [-0.15, -0.1) is 11.3 Å². The molecule has 4 N–H and O–H groups in total. The Bertz CT molecular complexity index is 980. The molecule has 0 unspecified atom stereocenters. The average molecular weight is 362 g/mol. The lowest BCUT2D eigenvalue weighted by molar-refractivity contribution is -0.115. The molecule has 0 saturated heterocycles. The molecule has 2 heterocycles. The number of aromatic nitrogens is 2. The van der Waals surface area contributed by atoms with Gasteiger partial charge in [-0.1, -0.05) is 23.9 Å². The number of nitrogens with two attached hydrogens (primary N) is 2. The summed E-state index contributed by atoms with van der Waals surface area (Å²) in [5.74, 6) is 6.01. The Morgan fingerprint density at radius 3 is 2.92 bits per heavy atom. The zero-order chi connectivity index (χ0) is 17.3. The maximum Gasteiger partial charge on any atom is 0.290 e. The van der Waals surface area contributed by atoms with Crippen molar-refractivity contribution in [1.29, 1.82) is 0 Å². The molecule has 0 saturated carbocycles. The van der Waals surface area contributed by atoms with Crippen molar-refractivity contribution in [3.8, 4) is 16.2 Å². The molecule has 0 radical (unpaired) electrons. The molecule has 0 fully saturated rings. The number of hydrogen-bond acceptors (Lipinski definition) is 7. The summed E-state index contributed by atoms with van der Waals surface area (Å²) >= 11 is 2.34. The van der Waals surface area contributed by atoms with Gasteiger partial charge in [0, 0.05) is 4.88 Å². The fourth-order valence-corrected chi connectivity index (χ4v) is 3.81. The van der Waals surface area contributed by atoms with Gasteiger partial charge in [0.15, 0.2) is 5.16 Å². The number of amides is 1. The first-order valence-electron chi connectivity index (χ1n) is 6.87. The molecule has 3 rings (SSSR count). The standard InChI is InChI=1S/C15H14N4O3S2/c1-22-9-4-2-3-8(5-9)11-6-10-13(24-11)14(21)19(17)15(18-10)23-7-12(16)20/h2-6H,7,17H2,1H3,(H2,16,20). The van der Waals surface area contributed by atoms with Crippen LogP contribution in [0.25, 0.3) is 20.7 Å². The molecular weight excluding hydrogens is 348 g/mol. The normalized spacial score (nSPS) is 10.9. The second kappa shape index (κ2) is 6.54. The largest absolute Gasteiger partial charge is 0.497 e. The molecule has 124 valence electrons. The number of primary amides is 1. The number of thioether (sulfide) groups is 1. The van der Waals surface area contributed by atoms with Crippen LogP contribution in [0.3, 0.4) is 0 Å². The van der Waals surface area contributed by atoms with E-state index in [9.17, 15) is 9.59 Å². The molecule has 0 aliphatic carbocycles.